The van der Waals surface area contributed by atoms with Crippen LogP contribution in [-0.4, -0.2) is 16.3 Å². The number of nitriles is 1. The number of rotatable bonds is 3. The summed E-state index contributed by atoms with van der Waals surface area (Å²) >= 11 is 0. The lowest BCUT2D eigenvalue weighted by Gasteiger charge is -2.20. The lowest BCUT2D eigenvalue weighted by atomic mass is 9.97. The molecule has 3 nitrogen and oxygen atoms in total. The second-order valence-electron chi connectivity index (χ2n) is 3.46. The number of alkyl halides is 3. The molecule has 0 saturated heterocycles. The fraction of sp³-hybridized carbons (Fsp3) is 0.364. The molecule has 17 heavy (non-hydrogen) atoms. The maximum Gasteiger partial charge on any atom is 0.416 e. The van der Waals surface area contributed by atoms with Crippen LogP contribution < -0.4 is 0 Å². The van der Waals surface area contributed by atoms with Gasteiger partial charge in [-0.3, -0.25) is 0 Å². The van der Waals surface area contributed by atoms with Crippen molar-refractivity contribution >= 4 is 0 Å². The van der Waals surface area contributed by atoms with Gasteiger partial charge in [-0.1, -0.05) is 18.2 Å². The number of aliphatic hydroxyl groups is 2. The van der Waals surface area contributed by atoms with Crippen molar-refractivity contribution < 1.29 is 23.4 Å². The zero-order chi connectivity index (χ0) is 13.1. The zero-order valence-corrected chi connectivity index (χ0v) is 8.65. The molecule has 0 aliphatic carbocycles. The molecule has 0 aliphatic rings. The summed E-state index contributed by atoms with van der Waals surface area (Å²) in [6.45, 7) is 0. The summed E-state index contributed by atoms with van der Waals surface area (Å²) < 4.78 is 37.8. The van der Waals surface area contributed by atoms with Crippen LogP contribution in [0.4, 0.5) is 13.2 Å². The van der Waals surface area contributed by atoms with E-state index in [4.69, 9.17) is 5.26 Å². The minimum absolute atomic E-state index is 0.428. The van der Waals surface area contributed by atoms with Gasteiger partial charge in [-0.15, -0.1) is 0 Å². The second-order valence-corrected chi connectivity index (χ2v) is 3.46. The summed E-state index contributed by atoms with van der Waals surface area (Å²) in [6.07, 6.45) is -8.31. The van der Waals surface area contributed by atoms with Crippen molar-refractivity contribution in [1.82, 2.24) is 0 Å². The average molecular weight is 245 g/mol. The third-order valence-electron chi connectivity index (χ3n) is 2.25. The molecule has 92 valence electrons. The number of halogens is 3. The van der Waals surface area contributed by atoms with Gasteiger partial charge < -0.3 is 10.2 Å². The predicted molar refractivity (Wildman–Crippen MR) is 52.6 cm³/mol. The molecular formula is C11H10F3NO2. The zero-order valence-electron chi connectivity index (χ0n) is 8.65. The summed E-state index contributed by atoms with van der Waals surface area (Å²) in [6, 6.07) is 6.00. The highest BCUT2D eigenvalue weighted by atomic mass is 19.4. The van der Waals surface area contributed by atoms with Crippen LogP contribution in [0.2, 0.25) is 0 Å². The van der Waals surface area contributed by atoms with Crippen LogP contribution in [-0.2, 0) is 6.18 Å². The van der Waals surface area contributed by atoms with E-state index in [2.05, 4.69) is 0 Å². The number of aliphatic hydroxyl groups excluding tert-OH is 2. The predicted octanol–water partition coefficient (Wildman–Crippen LogP) is 2.01. The van der Waals surface area contributed by atoms with E-state index >= 15 is 0 Å². The van der Waals surface area contributed by atoms with Gasteiger partial charge in [0.15, 0.2) is 0 Å². The standard InChI is InChI=1S/C11H10F3NO2/c12-11(13,14)8-4-2-1-3-7(8)10(17)9(16)5-6-15/h1-4,9-10,16-17H,5H2. The van der Waals surface area contributed by atoms with E-state index in [0.29, 0.717) is 0 Å². The normalized spacial score (nSPS) is 15.1. The molecule has 1 rings (SSSR count). The van der Waals surface area contributed by atoms with E-state index in [-0.39, 0.29) is 0 Å². The van der Waals surface area contributed by atoms with Gasteiger partial charge in [0.2, 0.25) is 0 Å². The molecule has 0 saturated carbocycles. The van der Waals surface area contributed by atoms with Crippen molar-refractivity contribution in [2.75, 3.05) is 0 Å². The van der Waals surface area contributed by atoms with Crippen molar-refractivity contribution in [3.05, 3.63) is 35.4 Å². The van der Waals surface area contributed by atoms with Crippen molar-refractivity contribution in [3.8, 4) is 6.07 Å². The van der Waals surface area contributed by atoms with E-state index in [1.54, 1.807) is 6.07 Å². The molecule has 1 aromatic carbocycles. The van der Waals surface area contributed by atoms with Gasteiger partial charge in [-0.05, 0) is 11.6 Å². The van der Waals surface area contributed by atoms with Crippen LogP contribution in [0.1, 0.15) is 23.7 Å². The average Bonchev–Trinajstić information content (AvgIpc) is 2.27. The first-order valence-corrected chi connectivity index (χ1v) is 4.77. The highest BCUT2D eigenvalue weighted by molar-refractivity contribution is 5.32. The minimum atomic E-state index is -4.61. The Balaban J connectivity index is 3.10. The van der Waals surface area contributed by atoms with Gasteiger partial charge in [0.1, 0.15) is 6.10 Å². The molecule has 0 aliphatic heterocycles. The molecule has 2 unspecified atom stereocenters. The van der Waals surface area contributed by atoms with Crippen LogP contribution in [0.3, 0.4) is 0 Å². The quantitative estimate of drug-likeness (QED) is 0.856. The number of benzene rings is 1. The Morgan fingerprint density at radius 2 is 1.82 bits per heavy atom. The number of hydrogen-bond donors (Lipinski definition) is 2. The van der Waals surface area contributed by atoms with Crippen molar-refractivity contribution in [2.45, 2.75) is 24.8 Å². The van der Waals surface area contributed by atoms with E-state index in [9.17, 15) is 23.4 Å². The molecule has 2 atom stereocenters. The fourth-order valence-corrected chi connectivity index (χ4v) is 1.43. The molecule has 0 spiro atoms. The minimum Gasteiger partial charge on any atom is -0.389 e. The highest BCUT2D eigenvalue weighted by Crippen LogP contribution is 2.35. The summed E-state index contributed by atoms with van der Waals surface area (Å²) in [5.41, 5.74) is -1.44. The molecule has 0 amide bonds. The number of nitrogens with zero attached hydrogens (tertiary/aromatic N) is 1. The van der Waals surface area contributed by atoms with Gasteiger partial charge in [0, 0.05) is 0 Å². The van der Waals surface area contributed by atoms with Crippen LogP contribution >= 0.6 is 0 Å². The van der Waals surface area contributed by atoms with Gasteiger partial charge >= 0.3 is 6.18 Å². The van der Waals surface area contributed by atoms with Crippen molar-refractivity contribution in [1.29, 1.82) is 5.26 Å². The lowest BCUT2D eigenvalue weighted by molar-refractivity contribution is -0.139. The van der Waals surface area contributed by atoms with Gasteiger partial charge in [-0.2, -0.15) is 18.4 Å². The molecule has 1 aromatic rings. The molecule has 0 fully saturated rings. The van der Waals surface area contributed by atoms with Crippen LogP contribution in [0.15, 0.2) is 24.3 Å². The maximum atomic E-state index is 12.6. The second kappa shape index (κ2) is 5.17. The first-order chi connectivity index (χ1) is 7.88. The molecule has 0 aromatic heterocycles. The summed E-state index contributed by atoms with van der Waals surface area (Å²) in [5.74, 6) is 0. The molecule has 0 bridgehead atoms. The topological polar surface area (TPSA) is 64.2 Å². The molecular weight excluding hydrogens is 235 g/mol. The largest absolute Gasteiger partial charge is 0.416 e. The Bertz CT molecular complexity index is 425. The fourth-order valence-electron chi connectivity index (χ4n) is 1.43. The molecule has 0 radical (unpaired) electrons. The Morgan fingerprint density at radius 3 is 2.35 bits per heavy atom. The third kappa shape index (κ3) is 3.19. The van der Waals surface area contributed by atoms with E-state index < -0.39 is 35.9 Å². The smallest absolute Gasteiger partial charge is 0.389 e. The highest BCUT2D eigenvalue weighted by Gasteiger charge is 2.35. The van der Waals surface area contributed by atoms with Crippen LogP contribution in [0.25, 0.3) is 0 Å². The van der Waals surface area contributed by atoms with Crippen LogP contribution in [0.5, 0.6) is 0 Å². The molecule has 0 heterocycles. The Morgan fingerprint density at radius 1 is 1.24 bits per heavy atom. The van der Waals surface area contributed by atoms with Gasteiger partial charge in [0.05, 0.1) is 24.2 Å². The van der Waals surface area contributed by atoms with Gasteiger partial charge in [-0.25, -0.2) is 0 Å². The van der Waals surface area contributed by atoms with Crippen LogP contribution in [0, 0.1) is 11.3 Å². The summed E-state index contributed by atoms with van der Waals surface area (Å²) in [5, 5.41) is 27.2. The van der Waals surface area contributed by atoms with Crippen molar-refractivity contribution in [2.24, 2.45) is 0 Å². The first-order valence-electron chi connectivity index (χ1n) is 4.77. The van der Waals surface area contributed by atoms with E-state index in [0.717, 1.165) is 12.1 Å². The van der Waals surface area contributed by atoms with E-state index in [1.165, 1.54) is 12.1 Å². The van der Waals surface area contributed by atoms with E-state index in [1.807, 2.05) is 0 Å². The summed E-state index contributed by atoms with van der Waals surface area (Å²) in [7, 11) is 0. The van der Waals surface area contributed by atoms with Gasteiger partial charge in [0.25, 0.3) is 0 Å². The third-order valence-corrected chi connectivity index (χ3v) is 2.25. The van der Waals surface area contributed by atoms with Crippen molar-refractivity contribution in [3.63, 3.8) is 0 Å². The number of hydrogen-bond acceptors (Lipinski definition) is 3. The molecule has 2 N–H and O–H groups in total. The monoisotopic (exact) mass is 245 g/mol. The Kier molecular flexibility index (Phi) is 4.10. The SMILES string of the molecule is N#CCC(O)C(O)c1ccccc1C(F)(F)F. The Labute approximate surface area is 95.7 Å². The maximum absolute atomic E-state index is 12.6. The summed E-state index contributed by atoms with van der Waals surface area (Å²) in [4.78, 5) is 0. The first kappa shape index (κ1) is 13.5. The Hall–Kier alpha value is -1.58. The lowest BCUT2D eigenvalue weighted by Crippen LogP contribution is -2.21. The molecule has 6 heteroatoms.